The summed E-state index contributed by atoms with van der Waals surface area (Å²) in [6.45, 7) is 11.1. The monoisotopic (exact) mass is 295 g/mol. The van der Waals surface area contributed by atoms with Crippen LogP contribution in [-0.2, 0) is 13.0 Å². The first-order valence-corrected chi connectivity index (χ1v) is 9.04. The highest BCUT2D eigenvalue weighted by Gasteiger charge is 2.22. The summed E-state index contributed by atoms with van der Waals surface area (Å²) in [5.41, 5.74) is 1.33. The molecule has 4 heteroatoms. The summed E-state index contributed by atoms with van der Waals surface area (Å²) in [6.07, 6.45) is 6.31. The Morgan fingerprint density at radius 1 is 1.35 bits per heavy atom. The molecule has 1 atom stereocenters. The number of piperidine rings is 1. The van der Waals surface area contributed by atoms with E-state index in [0.717, 1.165) is 25.4 Å². The molecule has 0 saturated carbocycles. The van der Waals surface area contributed by atoms with Crippen LogP contribution in [0, 0.1) is 5.92 Å². The van der Waals surface area contributed by atoms with Gasteiger partial charge in [0.15, 0.2) is 5.13 Å². The number of hydrogen-bond acceptors (Lipinski definition) is 4. The Bertz CT molecular complexity index is 402. The molecule has 1 aliphatic rings. The largest absolute Gasteiger partial charge is 0.348 e. The molecule has 1 aliphatic heterocycles. The van der Waals surface area contributed by atoms with Crippen LogP contribution in [0.5, 0.6) is 0 Å². The van der Waals surface area contributed by atoms with E-state index in [0.29, 0.717) is 0 Å². The van der Waals surface area contributed by atoms with Gasteiger partial charge in [-0.2, -0.15) is 0 Å². The highest BCUT2D eigenvalue weighted by Crippen LogP contribution is 2.31. The Morgan fingerprint density at radius 3 is 2.90 bits per heavy atom. The highest BCUT2D eigenvalue weighted by molar-refractivity contribution is 7.15. The van der Waals surface area contributed by atoms with E-state index in [1.54, 1.807) is 0 Å². The molecule has 0 aliphatic carbocycles. The van der Waals surface area contributed by atoms with Crippen molar-refractivity contribution >= 4 is 16.5 Å². The summed E-state index contributed by atoms with van der Waals surface area (Å²) in [7, 11) is 0. The predicted molar refractivity (Wildman–Crippen MR) is 88.7 cm³/mol. The zero-order valence-corrected chi connectivity index (χ0v) is 14.1. The van der Waals surface area contributed by atoms with Gasteiger partial charge in [0.1, 0.15) is 0 Å². The third-order valence-electron chi connectivity index (χ3n) is 4.16. The number of nitrogens with zero attached hydrogens (tertiary/aromatic N) is 2. The molecular formula is C16H29N3S. The van der Waals surface area contributed by atoms with Gasteiger partial charge < -0.3 is 10.2 Å². The Morgan fingerprint density at radius 2 is 2.20 bits per heavy atom. The average molecular weight is 295 g/mol. The molecule has 1 N–H and O–H groups in total. The lowest BCUT2D eigenvalue weighted by molar-refractivity contribution is 0.404. The molecule has 1 saturated heterocycles. The number of anilines is 1. The zero-order chi connectivity index (χ0) is 14.4. The summed E-state index contributed by atoms with van der Waals surface area (Å²) < 4.78 is 0. The van der Waals surface area contributed by atoms with Gasteiger partial charge in [-0.15, -0.1) is 11.3 Å². The van der Waals surface area contributed by atoms with Crippen LogP contribution >= 0.6 is 11.3 Å². The van der Waals surface area contributed by atoms with Crippen molar-refractivity contribution in [3.05, 3.63) is 10.6 Å². The van der Waals surface area contributed by atoms with Gasteiger partial charge in [-0.05, 0) is 31.7 Å². The quantitative estimate of drug-likeness (QED) is 0.828. The number of aryl methyl sites for hydroxylation is 1. The van der Waals surface area contributed by atoms with E-state index in [1.165, 1.54) is 54.5 Å². The first kappa shape index (κ1) is 15.8. The van der Waals surface area contributed by atoms with Crippen molar-refractivity contribution in [1.82, 2.24) is 10.3 Å². The van der Waals surface area contributed by atoms with Crippen molar-refractivity contribution < 1.29 is 0 Å². The van der Waals surface area contributed by atoms with Crippen molar-refractivity contribution in [2.24, 2.45) is 5.92 Å². The maximum Gasteiger partial charge on any atom is 0.185 e. The minimum absolute atomic E-state index is 0.861. The fourth-order valence-electron chi connectivity index (χ4n) is 2.89. The first-order valence-electron chi connectivity index (χ1n) is 8.22. The fraction of sp³-hybridized carbons (Fsp3) is 0.812. The molecule has 0 aromatic carbocycles. The molecule has 2 rings (SSSR count). The normalized spacial score (nSPS) is 19.6. The van der Waals surface area contributed by atoms with E-state index >= 15 is 0 Å². The smallest absolute Gasteiger partial charge is 0.185 e. The molecule has 0 amide bonds. The van der Waals surface area contributed by atoms with Crippen molar-refractivity contribution in [1.29, 1.82) is 0 Å². The number of hydrogen-bond donors (Lipinski definition) is 1. The minimum Gasteiger partial charge on any atom is -0.348 e. The van der Waals surface area contributed by atoms with Crippen LogP contribution in [0.1, 0.15) is 57.0 Å². The molecule has 1 aromatic heterocycles. The number of rotatable bonds is 7. The van der Waals surface area contributed by atoms with Gasteiger partial charge in [0.2, 0.25) is 0 Å². The van der Waals surface area contributed by atoms with Crippen LogP contribution in [0.4, 0.5) is 5.13 Å². The average Bonchev–Trinajstić information content (AvgIpc) is 2.89. The number of nitrogens with one attached hydrogen (secondary N) is 1. The first-order chi connectivity index (χ1) is 9.78. The van der Waals surface area contributed by atoms with Crippen molar-refractivity contribution in [2.45, 2.75) is 59.4 Å². The lowest BCUT2D eigenvalue weighted by Gasteiger charge is -2.31. The van der Waals surface area contributed by atoms with E-state index < -0.39 is 0 Å². The molecule has 0 spiro atoms. The van der Waals surface area contributed by atoms with Crippen LogP contribution in [0.3, 0.4) is 0 Å². The highest BCUT2D eigenvalue weighted by atomic mass is 32.1. The van der Waals surface area contributed by atoms with Crippen molar-refractivity contribution in [2.75, 3.05) is 24.5 Å². The van der Waals surface area contributed by atoms with Crippen LogP contribution in [0.2, 0.25) is 0 Å². The van der Waals surface area contributed by atoms with E-state index in [-0.39, 0.29) is 0 Å². The summed E-state index contributed by atoms with van der Waals surface area (Å²) in [5, 5.41) is 4.71. The maximum absolute atomic E-state index is 4.95. The van der Waals surface area contributed by atoms with Crippen LogP contribution in [0.15, 0.2) is 0 Å². The standard InChI is InChI=1S/C16H29N3S/c1-4-8-14-15(11-17-6-3)20-16(18-14)19-10-7-9-13(5-2)12-19/h13,17H,4-12H2,1-3H3. The Kier molecular flexibility index (Phi) is 6.30. The third-order valence-corrected chi connectivity index (χ3v) is 5.31. The van der Waals surface area contributed by atoms with Crippen molar-refractivity contribution in [3.63, 3.8) is 0 Å². The van der Waals surface area contributed by atoms with Crippen LogP contribution in [-0.4, -0.2) is 24.6 Å². The third kappa shape index (κ3) is 3.95. The second-order valence-electron chi connectivity index (χ2n) is 5.76. The van der Waals surface area contributed by atoms with Gasteiger partial charge in [-0.1, -0.05) is 33.6 Å². The SMILES string of the molecule is CCCc1nc(N2CCCC(CC)C2)sc1CNCC. The molecule has 0 bridgehead atoms. The lowest BCUT2D eigenvalue weighted by atomic mass is 9.96. The maximum atomic E-state index is 4.95. The lowest BCUT2D eigenvalue weighted by Crippen LogP contribution is -2.35. The molecule has 2 heterocycles. The topological polar surface area (TPSA) is 28.2 Å². The molecule has 1 unspecified atom stereocenters. The fourth-order valence-corrected chi connectivity index (χ4v) is 4.00. The number of thiazole rings is 1. The molecule has 1 fully saturated rings. The van der Waals surface area contributed by atoms with Gasteiger partial charge in [0, 0.05) is 24.5 Å². The van der Waals surface area contributed by atoms with E-state index in [1.807, 2.05) is 11.3 Å². The number of aromatic nitrogens is 1. The molecule has 0 radical (unpaired) electrons. The van der Waals surface area contributed by atoms with Gasteiger partial charge >= 0.3 is 0 Å². The van der Waals surface area contributed by atoms with Crippen molar-refractivity contribution in [3.8, 4) is 0 Å². The van der Waals surface area contributed by atoms with Gasteiger partial charge in [0.05, 0.1) is 5.69 Å². The van der Waals surface area contributed by atoms with E-state index in [2.05, 4.69) is 31.0 Å². The summed E-state index contributed by atoms with van der Waals surface area (Å²) in [4.78, 5) is 8.92. The second-order valence-corrected chi connectivity index (χ2v) is 6.82. The van der Waals surface area contributed by atoms with Gasteiger partial charge in [-0.25, -0.2) is 4.98 Å². The second kappa shape index (κ2) is 7.99. The molecular weight excluding hydrogens is 266 g/mol. The Balaban J connectivity index is 2.10. The Hall–Kier alpha value is -0.610. The summed E-state index contributed by atoms with van der Waals surface area (Å²) in [6, 6.07) is 0. The predicted octanol–water partition coefficient (Wildman–Crippen LogP) is 3.83. The van der Waals surface area contributed by atoms with Crippen LogP contribution < -0.4 is 10.2 Å². The van der Waals surface area contributed by atoms with Crippen LogP contribution in [0.25, 0.3) is 0 Å². The summed E-state index contributed by atoms with van der Waals surface area (Å²) in [5.74, 6) is 0.861. The molecule has 3 nitrogen and oxygen atoms in total. The summed E-state index contributed by atoms with van der Waals surface area (Å²) >= 11 is 1.91. The van der Waals surface area contributed by atoms with Gasteiger partial charge in [-0.3, -0.25) is 0 Å². The van der Waals surface area contributed by atoms with Gasteiger partial charge in [0.25, 0.3) is 0 Å². The zero-order valence-electron chi connectivity index (χ0n) is 13.2. The molecule has 114 valence electrons. The molecule has 20 heavy (non-hydrogen) atoms. The molecule has 1 aromatic rings. The Labute approximate surface area is 127 Å². The van der Waals surface area contributed by atoms with E-state index in [4.69, 9.17) is 4.98 Å². The minimum atomic E-state index is 0.861. The van der Waals surface area contributed by atoms with E-state index in [9.17, 15) is 0 Å².